The molecule has 2 fully saturated rings. The lowest BCUT2D eigenvalue weighted by molar-refractivity contribution is -0.135. The van der Waals surface area contributed by atoms with E-state index < -0.39 is 5.54 Å². The lowest BCUT2D eigenvalue weighted by atomic mass is 9.85. The van der Waals surface area contributed by atoms with Crippen molar-refractivity contribution >= 4 is 11.9 Å². The first kappa shape index (κ1) is 22.5. The van der Waals surface area contributed by atoms with Crippen molar-refractivity contribution < 1.29 is 14.3 Å². The molecule has 0 radical (unpaired) electrons. The van der Waals surface area contributed by atoms with E-state index in [1.807, 2.05) is 48.3 Å². The van der Waals surface area contributed by atoms with Gasteiger partial charge in [-0.3, -0.25) is 19.3 Å². The number of urea groups is 1. The third-order valence-corrected chi connectivity index (χ3v) is 7.02. The zero-order valence-electron chi connectivity index (χ0n) is 19.3. The van der Waals surface area contributed by atoms with Crippen LogP contribution in [0.2, 0.25) is 0 Å². The van der Waals surface area contributed by atoms with Crippen LogP contribution in [0.3, 0.4) is 0 Å². The molecule has 0 aliphatic carbocycles. The molecule has 1 aromatic heterocycles. The maximum atomic E-state index is 13.6. The number of rotatable bonds is 8. The predicted molar refractivity (Wildman–Crippen MR) is 121 cm³/mol. The quantitative estimate of drug-likeness (QED) is 0.590. The highest BCUT2D eigenvalue weighted by Gasteiger charge is 2.57. The second-order valence-corrected chi connectivity index (χ2v) is 8.81. The number of aryl methyl sites for hydroxylation is 1. The molecule has 8 nitrogen and oxygen atoms in total. The first-order valence-corrected chi connectivity index (χ1v) is 11.3. The Bertz CT molecular complexity index is 950. The van der Waals surface area contributed by atoms with Crippen LogP contribution in [-0.4, -0.2) is 81.9 Å². The highest BCUT2D eigenvalue weighted by Crippen LogP contribution is 2.37. The van der Waals surface area contributed by atoms with Gasteiger partial charge in [0.25, 0.3) is 5.91 Å². The maximum Gasteiger partial charge on any atom is 0.327 e. The summed E-state index contributed by atoms with van der Waals surface area (Å²) in [5, 5.41) is 4.34. The van der Waals surface area contributed by atoms with Crippen molar-refractivity contribution in [1.29, 1.82) is 0 Å². The third kappa shape index (κ3) is 4.17. The van der Waals surface area contributed by atoms with Gasteiger partial charge in [0.05, 0.1) is 12.8 Å². The lowest BCUT2D eigenvalue weighted by Gasteiger charge is -2.42. The average molecular weight is 440 g/mol. The van der Waals surface area contributed by atoms with Crippen LogP contribution >= 0.6 is 0 Å². The number of ether oxygens (including phenoxy) is 1. The summed E-state index contributed by atoms with van der Waals surface area (Å²) in [5.74, 6) is -0.0493. The summed E-state index contributed by atoms with van der Waals surface area (Å²) in [7, 11) is 3.57. The fraction of sp³-hybridized carbons (Fsp3) is 0.542. The molecule has 4 rings (SSSR count). The van der Waals surface area contributed by atoms with Crippen molar-refractivity contribution in [3.8, 4) is 0 Å². The van der Waals surface area contributed by atoms with Crippen LogP contribution in [0.15, 0.2) is 36.5 Å². The highest BCUT2D eigenvalue weighted by atomic mass is 16.5. The molecule has 0 atom stereocenters. The van der Waals surface area contributed by atoms with Crippen LogP contribution in [0, 0.1) is 6.92 Å². The van der Waals surface area contributed by atoms with Crippen LogP contribution in [0.1, 0.15) is 29.7 Å². The first-order valence-electron chi connectivity index (χ1n) is 11.3. The summed E-state index contributed by atoms with van der Waals surface area (Å²) in [6, 6.07) is 9.81. The number of hydrogen-bond donors (Lipinski definition) is 0. The van der Waals surface area contributed by atoms with Crippen LogP contribution in [0.4, 0.5) is 4.79 Å². The van der Waals surface area contributed by atoms with Crippen molar-refractivity contribution in [2.75, 3.05) is 39.9 Å². The number of nitrogens with zero attached hydrogens (tertiary/aromatic N) is 5. The molecule has 2 saturated heterocycles. The molecular formula is C24H33N5O3. The fourth-order valence-corrected chi connectivity index (χ4v) is 4.86. The molecule has 3 amide bonds. The Morgan fingerprint density at radius 1 is 1.09 bits per heavy atom. The molecule has 1 aromatic carbocycles. The second kappa shape index (κ2) is 9.42. The minimum Gasteiger partial charge on any atom is -0.383 e. The second-order valence-electron chi connectivity index (χ2n) is 8.81. The van der Waals surface area contributed by atoms with Gasteiger partial charge in [0.15, 0.2) is 0 Å². The van der Waals surface area contributed by atoms with Gasteiger partial charge in [-0.25, -0.2) is 4.79 Å². The van der Waals surface area contributed by atoms with Gasteiger partial charge >= 0.3 is 6.03 Å². The number of likely N-dealkylation sites (tertiary alicyclic amines) is 1. The standard InChI is InChI=1S/C24H33N5O3/c1-19-21(17-25-26(19)2)18-27-13-10-24(11-14-27)22(30)28(23(31)29(24)15-16-32-3)12-9-20-7-5-4-6-8-20/h4-8,17H,9-16,18H2,1-3H3. The van der Waals surface area contributed by atoms with E-state index in [0.717, 1.165) is 30.9 Å². The summed E-state index contributed by atoms with van der Waals surface area (Å²) >= 11 is 0. The Labute approximate surface area is 189 Å². The summed E-state index contributed by atoms with van der Waals surface area (Å²) in [4.78, 5) is 32.5. The third-order valence-electron chi connectivity index (χ3n) is 7.02. The van der Waals surface area contributed by atoms with Crippen LogP contribution < -0.4 is 0 Å². The van der Waals surface area contributed by atoms with Crippen molar-refractivity contribution in [2.24, 2.45) is 7.05 Å². The maximum absolute atomic E-state index is 13.6. The summed E-state index contributed by atoms with van der Waals surface area (Å²) < 4.78 is 7.14. The molecular weight excluding hydrogens is 406 g/mol. The number of aromatic nitrogens is 2. The van der Waals surface area contributed by atoms with Gasteiger partial charge in [0, 0.05) is 58.1 Å². The zero-order valence-corrected chi connectivity index (χ0v) is 19.3. The van der Waals surface area contributed by atoms with E-state index in [4.69, 9.17) is 4.74 Å². The molecule has 0 N–H and O–H groups in total. The highest BCUT2D eigenvalue weighted by molar-refractivity contribution is 6.07. The Kier molecular flexibility index (Phi) is 6.62. The van der Waals surface area contributed by atoms with Gasteiger partial charge < -0.3 is 9.64 Å². The largest absolute Gasteiger partial charge is 0.383 e. The Balaban J connectivity index is 1.47. The molecule has 172 valence electrons. The van der Waals surface area contributed by atoms with E-state index in [2.05, 4.69) is 16.9 Å². The van der Waals surface area contributed by atoms with Gasteiger partial charge in [0.1, 0.15) is 5.54 Å². The number of carbonyl (C=O) groups excluding carboxylic acids is 2. The van der Waals surface area contributed by atoms with Crippen LogP contribution in [-0.2, 0) is 29.5 Å². The van der Waals surface area contributed by atoms with E-state index in [1.54, 1.807) is 12.0 Å². The number of benzene rings is 1. The molecule has 2 aromatic rings. The van der Waals surface area contributed by atoms with E-state index in [0.29, 0.717) is 39.0 Å². The predicted octanol–water partition coefficient (Wildman–Crippen LogP) is 2.22. The molecule has 2 aliphatic rings. The van der Waals surface area contributed by atoms with Gasteiger partial charge in [-0.05, 0) is 31.7 Å². The van der Waals surface area contributed by atoms with Gasteiger partial charge in [0.2, 0.25) is 0 Å². The van der Waals surface area contributed by atoms with E-state index >= 15 is 0 Å². The fourth-order valence-electron chi connectivity index (χ4n) is 4.86. The smallest absolute Gasteiger partial charge is 0.327 e. The number of hydrogen-bond acceptors (Lipinski definition) is 5. The zero-order chi connectivity index (χ0) is 22.7. The Hall–Kier alpha value is -2.71. The minimum absolute atomic E-state index is 0.0493. The average Bonchev–Trinajstić information content (AvgIpc) is 3.22. The van der Waals surface area contributed by atoms with Crippen molar-refractivity contribution in [1.82, 2.24) is 24.5 Å². The number of methoxy groups -OCH3 is 1. The number of amides is 3. The van der Waals surface area contributed by atoms with Crippen molar-refractivity contribution in [2.45, 2.75) is 38.3 Å². The molecule has 0 saturated carbocycles. The number of carbonyl (C=O) groups is 2. The van der Waals surface area contributed by atoms with Crippen LogP contribution in [0.5, 0.6) is 0 Å². The molecule has 2 aliphatic heterocycles. The van der Waals surface area contributed by atoms with Gasteiger partial charge in [-0.1, -0.05) is 30.3 Å². The first-order chi connectivity index (χ1) is 15.5. The summed E-state index contributed by atoms with van der Waals surface area (Å²) in [6.07, 6.45) is 3.87. The molecule has 1 spiro atoms. The van der Waals surface area contributed by atoms with Gasteiger partial charge in [-0.15, -0.1) is 0 Å². The molecule has 0 unspecified atom stereocenters. The van der Waals surface area contributed by atoms with Crippen molar-refractivity contribution in [3.63, 3.8) is 0 Å². The van der Waals surface area contributed by atoms with Crippen molar-refractivity contribution in [3.05, 3.63) is 53.3 Å². The topological polar surface area (TPSA) is 70.9 Å². The molecule has 8 heteroatoms. The van der Waals surface area contributed by atoms with E-state index in [1.165, 1.54) is 10.5 Å². The Morgan fingerprint density at radius 3 is 2.44 bits per heavy atom. The monoisotopic (exact) mass is 439 g/mol. The molecule has 3 heterocycles. The van der Waals surface area contributed by atoms with Gasteiger partial charge in [-0.2, -0.15) is 5.10 Å². The normalized spacial score (nSPS) is 18.8. The van der Waals surface area contributed by atoms with E-state index in [-0.39, 0.29) is 11.9 Å². The minimum atomic E-state index is -0.757. The number of imide groups is 1. The molecule has 32 heavy (non-hydrogen) atoms. The summed E-state index contributed by atoms with van der Waals surface area (Å²) in [6.45, 7) is 5.69. The number of piperidine rings is 1. The molecule has 0 bridgehead atoms. The lowest BCUT2D eigenvalue weighted by Crippen LogP contribution is -2.57. The van der Waals surface area contributed by atoms with Crippen LogP contribution in [0.25, 0.3) is 0 Å². The van der Waals surface area contributed by atoms with E-state index in [9.17, 15) is 9.59 Å². The SMILES string of the molecule is COCCN1C(=O)N(CCc2ccccc2)C(=O)C12CCN(Cc1cnn(C)c1C)CC2. The summed E-state index contributed by atoms with van der Waals surface area (Å²) in [5.41, 5.74) is 2.73. The Morgan fingerprint density at radius 2 is 1.81 bits per heavy atom.